The average Bonchev–Trinajstić information content (AvgIpc) is 2.49. The van der Waals surface area contributed by atoms with Crippen LogP contribution in [-0.4, -0.2) is 21.3 Å². The van der Waals surface area contributed by atoms with Crippen molar-refractivity contribution in [3.05, 3.63) is 42.2 Å². The van der Waals surface area contributed by atoms with Gasteiger partial charge in [-0.2, -0.15) is 0 Å². The number of alkyl halides is 1. The van der Waals surface area contributed by atoms with Gasteiger partial charge in [0.1, 0.15) is 11.1 Å². The van der Waals surface area contributed by atoms with Crippen molar-refractivity contribution in [3.8, 4) is 17.1 Å². The highest BCUT2D eigenvalue weighted by Gasteiger charge is 2.11. The zero-order valence-corrected chi connectivity index (χ0v) is 12.8. The van der Waals surface area contributed by atoms with Crippen LogP contribution in [0.4, 0.5) is 0 Å². The van der Waals surface area contributed by atoms with E-state index in [9.17, 15) is 4.79 Å². The van der Waals surface area contributed by atoms with Gasteiger partial charge in [-0.15, -0.1) is 11.6 Å². The number of rotatable bonds is 5. The van der Waals surface area contributed by atoms with Crippen molar-refractivity contribution in [3.63, 3.8) is 0 Å². The van der Waals surface area contributed by atoms with E-state index in [4.69, 9.17) is 16.3 Å². The lowest BCUT2D eigenvalue weighted by Crippen LogP contribution is -2.17. The molecular formula is C16H17ClN2O2. The van der Waals surface area contributed by atoms with E-state index in [1.165, 1.54) is 0 Å². The standard InChI is InChI=1S/C16H17ClN2O2/c1-3-4-12-9-18-15(19-10-12)13-5-7-14(8-6-13)21-16(20)11(2)17/h5-11H,3-4H2,1-2H3/t11-/m1/s1. The minimum Gasteiger partial charge on any atom is -0.425 e. The van der Waals surface area contributed by atoms with E-state index in [2.05, 4.69) is 16.9 Å². The van der Waals surface area contributed by atoms with Crippen molar-refractivity contribution in [1.29, 1.82) is 0 Å². The molecule has 0 aliphatic heterocycles. The largest absolute Gasteiger partial charge is 0.425 e. The molecule has 2 aromatic rings. The molecule has 0 saturated heterocycles. The maximum Gasteiger partial charge on any atom is 0.329 e. The zero-order chi connectivity index (χ0) is 15.2. The van der Waals surface area contributed by atoms with Gasteiger partial charge in [0.2, 0.25) is 0 Å². The topological polar surface area (TPSA) is 52.1 Å². The van der Waals surface area contributed by atoms with E-state index in [0.29, 0.717) is 11.6 Å². The number of ether oxygens (including phenoxy) is 1. The molecule has 0 aliphatic carbocycles. The van der Waals surface area contributed by atoms with E-state index in [1.54, 1.807) is 19.1 Å². The van der Waals surface area contributed by atoms with Crippen LogP contribution in [0.15, 0.2) is 36.7 Å². The summed E-state index contributed by atoms with van der Waals surface area (Å²) in [7, 11) is 0. The van der Waals surface area contributed by atoms with Crippen LogP contribution in [0.25, 0.3) is 11.4 Å². The third-order valence-corrected chi connectivity index (χ3v) is 3.08. The quantitative estimate of drug-likeness (QED) is 0.481. The first-order valence-corrected chi connectivity index (χ1v) is 7.31. The Bertz CT molecular complexity index is 595. The molecular weight excluding hydrogens is 288 g/mol. The van der Waals surface area contributed by atoms with E-state index in [1.807, 2.05) is 24.5 Å². The van der Waals surface area contributed by atoms with Crippen molar-refractivity contribution in [2.75, 3.05) is 0 Å². The Morgan fingerprint density at radius 1 is 1.24 bits per heavy atom. The Morgan fingerprint density at radius 3 is 2.38 bits per heavy atom. The average molecular weight is 305 g/mol. The van der Waals surface area contributed by atoms with Gasteiger partial charge in [0.15, 0.2) is 5.82 Å². The minimum absolute atomic E-state index is 0.457. The number of halogens is 1. The van der Waals surface area contributed by atoms with Gasteiger partial charge in [-0.1, -0.05) is 13.3 Å². The Hall–Kier alpha value is -1.94. The summed E-state index contributed by atoms with van der Waals surface area (Å²) < 4.78 is 5.11. The highest BCUT2D eigenvalue weighted by molar-refractivity contribution is 6.29. The van der Waals surface area contributed by atoms with E-state index >= 15 is 0 Å². The number of carbonyl (C=O) groups excluding carboxylic acids is 1. The lowest BCUT2D eigenvalue weighted by molar-refractivity contribution is -0.133. The van der Waals surface area contributed by atoms with Crippen LogP contribution in [0.5, 0.6) is 5.75 Å². The van der Waals surface area contributed by atoms with Crippen LogP contribution in [0.1, 0.15) is 25.8 Å². The Balaban J connectivity index is 2.09. The minimum atomic E-state index is -0.667. The summed E-state index contributed by atoms with van der Waals surface area (Å²) in [6, 6.07) is 7.04. The first kappa shape index (κ1) is 15.4. The maximum absolute atomic E-state index is 11.4. The molecule has 110 valence electrons. The highest BCUT2D eigenvalue weighted by Crippen LogP contribution is 2.20. The number of aryl methyl sites for hydroxylation is 1. The molecule has 1 aromatic heterocycles. The molecule has 0 saturated carbocycles. The van der Waals surface area contributed by atoms with Gasteiger partial charge < -0.3 is 4.74 Å². The lowest BCUT2D eigenvalue weighted by atomic mass is 10.2. The third-order valence-electron chi connectivity index (χ3n) is 2.90. The van der Waals surface area contributed by atoms with Gasteiger partial charge in [-0.3, -0.25) is 4.79 Å². The smallest absolute Gasteiger partial charge is 0.329 e. The van der Waals surface area contributed by atoms with E-state index in [0.717, 1.165) is 24.0 Å². The fraction of sp³-hybridized carbons (Fsp3) is 0.312. The Kier molecular flexibility index (Phi) is 5.28. The second kappa shape index (κ2) is 7.18. The zero-order valence-electron chi connectivity index (χ0n) is 12.0. The molecule has 4 nitrogen and oxygen atoms in total. The van der Waals surface area contributed by atoms with Crippen LogP contribution < -0.4 is 4.74 Å². The van der Waals surface area contributed by atoms with Crippen molar-refractivity contribution < 1.29 is 9.53 Å². The number of hydrogen-bond donors (Lipinski definition) is 0. The first-order valence-electron chi connectivity index (χ1n) is 6.87. The molecule has 0 aliphatic rings. The first-order chi connectivity index (χ1) is 10.1. The Labute approximate surface area is 129 Å². The highest BCUT2D eigenvalue weighted by atomic mass is 35.5. The number of carbonyl (C=O) groups is 1. The number of nitrogens with zero attached hydrogens (tertiary/aromatic N) is 2. The number of hydrogen-bond acceptors (Lipinski definition) is 4. The molecule has 0 N–H and O–H groups in total. The molecule has 0 spiro atoms. The predicted molar refractivity (Wildman–Crippen MR) is 82.4 cm³/mol. The molecule has 1 aromatic carbocycles. The second-order valence-corrected chi connectivity index (χ2v) is 5.38. The van der Waals surface area contributed by atoms with E-state index in [-0.39, 0.29) is 0 Å². The van der Waals surface area contributed by atoms with Gasteiger partial charge >= 0.3 is 5.97 Å². The van der Waals surface area contributed by atoms with Crippen LogP contribution in [0, 0.1) is 0 Å². The molecule has 0 unspecified atom stereocenters. The number of benzene rings is 1. The fourth-order valence-corrected chi connectivity index (χ4v) is 1.84. The van der Waals surface area contributed by atoms with Crippen LogP contribution >= 0.6 is 11.6 Å². The molecule has 2 rings (SSSR count). The summed E-state index contributed by atoms with van der Waals surface area (Å²) >= 11 is 5.65. The maximum atomic E-state index is 11.4. The summed E-state index contributed by atoms with van der Waals surface area (Å²) in [5.74, 6) is 0.641. The summed E-state index contributed by atoms with van der Waals surface area (Å²) in [6.45, 7) is 3.69. The summed E-state index contributed by atoms with van der Waals surface area (Å²) in [6.07, 6.45) is 5.73. The summed E-state index contributed by atoms with van der Waals surface area (Å²) in [5.41, 5.74) is 2.00. The normalized spacial score (nSPS) is 12.0. The van der Waals surface area contributed by atoms with Gasteiger partial charge in [0, 0.05) is 18.0 Å². The predicted octanol–water partition coefficient (Wildman–Crippen LogP) is 3.63. The van der Waals surface area contributed by atoms with Crippen LogP contribution in [0.2, 0.25) is 0 Å². The van der Waals surface area contributed by atoms with Crippen molar-refractivity contribution in [1.82, 2.24) is 9.97 Å². The van der Waals surface area contributed by atoms with Crippen LogP contribution in [0.3, 0.4) is 0 Å². The lowest BCUT2D eigenvalue weighted by Gasteiger charge is -2.06. The van der Waals surface area contributed by atoms with Crippen molar-refractivity contribution in [2.45, 2.75) is 32.1 Å². The van der Waals surface area contributed by atoms with Crippen molar-refractivity contribution >= 4 is 17.6 Å². The molecule has 5 heteroatoms. The molecule has 0 fully saturated rings. The molecule has 0 amide bonds. The van der Waals surface area contributed by atoms with Gasteiger partial charge in [0.05, 0.1) is 0 Å². The monoisotopic (exact) mass is 304 g/mol. The molecule has 0 bridgehead atoms. The summed E-state index contributed by atoms with van der Waals surface area (Å²) in [4.78, 5) is 20.1. The second-order valence-electron chi connectivity index (χ2n) is 4.73. The van der Waals surface area contributed by atoms with Crippen molar-refractivity contribution in [2.24, 2.45) is 0 Å². The summed E-state index contributed by atoms with van der Waals surface area (Å²) in [5, 5.41) is -0.667. The Morgan fingerprint density at radius 2 is 1.86 bits per heavy atom. The molecule has 0 radical (unpaired) electrons. The van der Waals surface area contributed by atoms with Gasteiger partial charge in [-0.25, -0.2) is 9.97 Å². The molecule has 1 atom stereocenters. The number of esters is 1. The molecule has 21 heavy (non-hydrogen) atoms. The number of aromatic nitrogens is 2. The van der Waals surface area contributed by atoms with Gasteiger partial charge in [0.25, 0.3) is 0 Å². The molecule has 1 heterocycles. The van der Waals surface area contributed by atoms with E-state index < -0.39 is 11.3 Å². The van der Waals surface area contributed by atoms with Gasteiger partial charge in [-0.05, 0) is 43.2 Å². The fourth-order valence-electron chi connectivity index (χ4n) is 1.79. The SMILES string of the molecule is CCCc1cnc(-c2ccc(OC(=O)[C@@H](C)Cl)cc2)nc1. The third kappa shape index (κ3) is 4.26. The van der Waals surface area contributed by atoms with Crippen LogP contribution in [-0.2, 0) is 11.2 Å².